The molecule has 0 saturated heterocycles. The topological polar surface area (TPSA) is 53.6 Å². The Morgan fingerprint density at radius 1 is 1.53 bits per heavy atom. The molecule has 2 atom stereocenters. The van der Waals surface area contributed by atoms with Gasteiger partial charge in [-0.05, 0) is 18.9 Å². The lowest BCUT2D eigenvalue weighted by Gasteiger charge is -2.27. The molecule has 1 N–H and O–H groups in total. The Morgan fingerprint density at radius 3 is 3.06 bits per heavy atom. The maximum absolute atomic E-state index is 9.08. The molecule has 0 aliphatic heterocycles. The summed E-state index contributed by atoms with van der Waals surface area (Å²) in [5.41, 5.74) is 1.12. The van der Waals surface area contributed by atoms with E-state index in [9.17, 15) is 0 Å². The van der Waals surface area contributed by atoms with Crippen LogP contribution in [0.2, 0.25) is 0 Å². The standard InChI is InChI=1S/C13H20N4/c1-17-9-7-12(16-17)6-8-15-13-5-3-2-4-11(13)10-14/h7,9,11,13,15H,2-6,8H2,1H3. The third-order valence-corrected chi connectivity index (χ3v) is 3.49. The van der Waals surface area contributed by atoms with Gasteiger partial charge in [0.25, 0.3) is 0 Å². The lowest BCUT2D eigenvalue weighted by Crippen LogP contribution is -2.39. The van der Waals surface area contributed by atoms with Crippen molar-refractivity contribution in [3.8, 4) is 6.07 Å². The third-order valence-electron chi connectivity index (χ3n) is 3.49. The summed E-state index contributed by atoms with van der Waals surface area (Å²) in [6, 6.07) is 4.86. The highest BCUT2D eigenvalue weighted by Gasteiger charge is 2.23. The molecule has 1 aliphatic rings. The number of aromatic nitrogens is 2. The second-order valence-corrected chi connectivity index (χ2v) is 4.81. The van der Waals surface area contributed by atoms with Crippen LogP contribution in [0.15, 0.2) is 12.3 Å². The van der Waals surface area contributed by atoms with E-state index in [1.807, 2.05) is 24.0 Å². The predicted octanol–water partition coefficient (Wildman–Crippen LogP) is 1.63. The highest BCUT2D eigenvalue weighted by molar-refractivity contribution is 5.00. The quantitative estimate of drug-likeness (QED) is 0.858. The van der Waals surface area contributed by atoms with Crippen molar-refractivity contribution in [2.45, 2.75) is 38.1 Å². The van der Waals surface area contributed by atoms with Gasteiger partial charge in [-0.15, -0.1) is 0 Å². The van der Waals surface area contributed by atoms with Crippen molar-refractivity contribution in [1.82, 2.24) is 15.1 Å². The summed E-state index contributed by atoms with van der Waals surface area (Å²) in [4.78, 5) is 0. The molecule has 0 spiro atoms. The molecular formula is C13H20N4. The Kier molecular flexibility index (Phi) is 4.16. The molecule has 1 saturated carbocycles. The van der Waals surface area contributed by atoms with Crippen molar-refractivity contribution in [2.24, 2.45) is 13.0 Å². The summed E-state index contributed by atoms with van der Waals surface area (Å²) < 4.78 is 1.83. The smallest absolute Gasteiger partial charge is 0.0672 e. The Labute approximate surface area is 103 Å². The number of aryl methyl sites for hydroxylation is 1. The molecule has 2 unspecified atom stereocenters. The molecule has 0 bridgehead atoms. The number of nitrogens with zero attached hydrogens (tertiary/aromatic N) is 3. The lowest BCUT2D eigenvalue weighted by atomic mass is 9.85. The van der Waals surface area contributed by atoms with E-state index in [0.717, 1.165) is 31.5 Å². The molecule has 92 valence electrons. The van der Waals surface area contributed by atoms with Gasteiger partial charge in [0.15, 0.2) is 0 Å². The van der Waals surface area contributed by atoms with Gasteiger partial charge in [-0.2, -0.15) is 10.4 Å². The Morgan fingerprint density at radius 2 is 2.35 bits per heavy atom. The Bertz CT molecular complexity index is 390. The number of nitriles is 1. The van der Waals surface area contributed by atoms with Gasteiger partial charge in [-0.1, -0.05) is 12.8 Å². The van der Waals surface area contributed by atoms with E-state index in [1.54, 1.807) is 0 Å². The fraction of sp³-hybridized carbons (Fsp3) is 0.692. The first-order valence-corrected chi connectivity index (χ1v) is 6.41. The fourth-order valence-corrected chi connectivity index (χ4v) is 2.51. The van der Waals surface area contributed by atoms with E-state index in [2.05, 4.69) is 16.5 Å². The second kappa shape index (κ2) is 5.83. The fourth-order valence-electron chi connectivity index (χ4n) is 2.51. The van der Waals surface area contributed by atoms with E-state index in [4.69, 9.17) is 5.26 Å². The van der Waals surface area contributed by atoms with Gasteiger partial charge in [0.1, 0.15) is 0 Å². The van der Waals surface area contributed by atoms with Crippen LogP contribution in [0.25, 0.3) is 0 Å². The zero-order valence-electron chi connectivity index (χ0n) is 10.4. The molecule has 17 heavy (non-hydrogen) atoms. The largest absolute Gasteiger partial charge is 0.312 e. The maximum atomic E-state index is 9.08. The average Bonchev–Trinajstić information content (AvgIpc) is 2.76. The number of hydrogen-bond donors (Lipinski definition) is 1. The highest BCUT2D eigenvalue weighted by Crippen LogP contribution is 2.23. The molecule has 0 amide bonds. The molecule has 1 aromatic rings. The van der Waals surface area contributed by atoms with Gasteiger partial charge in [0, 0.05) is 32.3 Å². The van der Waals surface area contributed by atoms with Crippen LogP contribution < -0.4 is 5.32 Å². The van der Waals surface area contributed by atoms with Gasteiger partial charge < -0.3 is 5.32 Å². The molecule has 4 nitrogen and oxygen atoms in total. The van der Waals surface area contributed by atoms with Crippen LogP contribution in [0.3, 0.4) is 0 Å². The van der Waals surface area contributed by atoms with Crippen molar-refractivity contribution in [3.05, 3.63) is 18.0 Å². The summed E-state index contributed by atoms with van der Waals surface area (Å²) in [5.74, 6) is 0.201. The monoisotopic (exact) mass is 232 g/mol. The Balaban J connectivity index is 1.76. The number of nitrogens with one attached hydrogen (secondary N) is 1. The van der Waals surface area contributed by atoms with Crippen LogP contribution in [0, 0.1) is 17.2 Å². The lowest BCUT2D eigenvalue weighted by molar-refractivity contribution is 0.314. The second-order valence-electron chi connectivity index (χ2n) is 4.81. The van der Waals surface area contributed by atoms with Gasteiger partial charge >= 0.3 is 0 Å². The first kappa shape index (κ1) is 12.1. The number of rotatable bonds is 4. The summed E-state index contributed by atoms with van der Waals surface area (Å²) in [7, 11) is 1.93. The molecule has 1 fully saturated rings. The van der Waals surface area contributed by atoms with E-state index in [-0.39, 0.29) is 5.92 Å². The normalized spacial score (nSPS) is 24.5. The number of hydrogen-bond acceptors (Lipinski definition) is 3. The SMILES string of the molecule is Cn1ccc(CCNC2CCCCC2C#N)n1. The van der Waals surface area contributed by atoms with E-state index < -0.39 is 0 Å². The molecule has 0 radical (unpaired) electrons. The van der Waals surface area contributed by atoms with Crippen LogP contribution in [-0.4, -0.2) is 22.4 Å². The molecule has 1 heterocycles. The van der Waals surface area contributed by atoms with Crippen molar-refractivity contribution in [1.29, 1.82) is 5.26 Å². The van der Waals surface area contributed by atoms with Crippen molar-refractivity contribution < 1.29 is 0 Å². The molecule has 4 heteroatoms. The van der Waals surface area contributed by atoms with Gasteiger partial charge in [0.05, 0.1) is 17.7 Å². The van der Waals surface area contributed by atoms with Crippen molar-refractivity contribution >= 4 is 0 Å². The molecule has 1 aromatic heterocycles. The van der Waals surface area contributed by atoms with Crippen LogP contribution >= 0.6 is 0 Å². The summed E-state index contributed by atoms with van der Waals surface area (Å²) >= 11 is 0. The highest BCUT2D eigenvalue weighted by atomic mass is 15.2. The zero-order valence-corrected chi connectivity index (χ0v) is 10.4. The summed E-state index contributed by atoms with van der Waals surface area (Å²) in [6.07, 6.45) is 7.55. The van der Waals surface area contributed by atoms with E-state index in [1.165, 1.54) is 12.8 Å². The first-order valence-electron chi connectivity index (χ1n) is 6.41. The van der Waals surface area contributed by atoms with Gasteiger partial charge in [-0.25, -0.2) is 0 Å². The minimum absolute atomic E-state index is 0.201. The first-order chi connectivity index (χ1) is 8.29. The summed E-state index contributed by atoms with van der Waals surface area (Å²) in [5, 5.41) is 16.9. The van der Waals surface area contributed by atoms with Crippen LogP contribution in [-0.2, 0) is 13.5 Å². The van der Waals surface area contributed by atoms with E-state index >= 15 is 0 Å². The van der Waals surface area contributed by atoms with Crippen LogP contribution in [0.1, 0.15) is 31.4 Å². The average molecular weight is 232 g/mol. The molecule has 0 aromatic carbocycles. The minimum atomic E-state index is 0.201. The minimum Gasteiger partial charge on any atom is -0.312 e. The van der Waals surface area contributed by atoms with Crippen molar-refractivity contribution in [2.75, 3.05) is 6.54 Å². The van der Waals surface area contributed by atoms with Gasteiger partial charge in [0.2, 0.25) is 0 Å². The van der Waals surface area contributed by atoms with Crippen molar-refractivity contribution in [3.63, 3.8) is 0 Å². The third kappa shape index (κ3) is 3.31. The van der Waals surface area contributed by atoms with E-state index in [0.29, 0.717) is 6.04 Å². The maximum Gasteiger partial charge on any atom is 0.0672 e. The Hall–Kier alpha value is -1.34. The zero-order chi connectivity index (χ0) is 12.1. The van der Waals surface area contributed by atoms with Crippen LogP contribution in [0.5, 0.6) is 0 Å². The molecule has 2 rings (SSSR count). The van der Waals surface area contributed by atoms with Gasteiger partial charge in [-0.3, -0.25) is 4.68 Å². The molecular weight excluding hydrogens is 212 g/mol. The molecule has 1 aliphatic carbocycles. The summed E-state index contributed by atoms with van der Waals surface area (Å²) in [6.45, 7) is 0.917. The predicted molar refractivity (Wildman–Crippen MR) is 66.3 cm³/mol. The van der Waals surface area contributed by atoms with Crippen LogP contribution in [0.4, 0.5) is 0 Å².